The Labute approximate surface area is 162 Å². The zero-order valence-electron chi connectivity index (χ0n) is 16.3. The Hall–Kier alpha value is -1.88. The van der Waals surface area contributed by atoms with Crippen molar-refractivity contribution in [1.82, 2.24) is 10.3 Å². The number of nitrogens with zero attached hydrogens (tertiary/aromatic N) is 2. The SMILES string of the molecule is CCCC1CC(=O)NN=C1c1ccc(OC2CCN(C3CCC3)CC2)cc1. The molecule has 1 aromatic rings. The molecule has 1 aromatic carbocycles. The van der Waals surface area contributed by atoms with Gasteiger partial charge >= 0.3 is 0 Å². The largest absolute Gasteiger partial charge is 0.490 e. The van der Waals surface area contributed by atoms with Crippen LogP contribution in [0.4, 0.5) is 0 Å². The quantitative estimate of drug-likeness (QED) is 0.831. The molecule has 146 valence electrons. The lowest BCUT2D eigenvalue weighted by atomic mass is 9.89. The molecule has 5 nitrogen and oxygen atoms in total. The van der Waals surface area contributed by atoms with Crippen molar-refractivity contribution in [2.45, 2.75) is 70.4 Å². The molecule has 0 radical (unpaired) electrons. The highest BCUT2D eigenvalue weighted by molar-refractivity contribution is 6.05. The van der Waals surface area contributed by atoms with Crippen LogP contribution in [-0.4, -0.2) is 41.8 Å². The minimum Gasteiger partial charge on any atom is -0.490 e. The summed E-state index contributed by atoms with van der Waals surface area (Å²) in [5, 5.41) is 4.34. The Kier molecular flexibility index (Phi) is 5.77. The highest BCUT2D eigenvalue weighted by Gasteiger charge is 2.29. The standard InChI is InChI=1S/C22H31N3O2/c1-2-4-17-15-21(26)23-24-22(17)16-7-9-19(10-8-16)27-20-11-13-25(14-12-20)18-5-3-6-18/h7-10,17-18,20H,2-6,11-15H2,1H3,(H,23,26). The van der Waals surface area contributed by atoms with E-state index in [1.165, 1.54) is 32.4 Å². The van der Waals surface area contributed by atoms with Crippen LogP contribution >= 0.6 is 0 Å². The summed E-state index contributed by atoms with van der Waals surface area (Å²) in [7, 11) is 0. The van der Waals surface area contributed by atoms with Gasteiger partial charge < -0.3 is 9.64 Å². The van der Waals surface area contributed by atoms with E-state index in [0.717, 1.165) is 48.7 Å². The molecule has 27 heavy (non-hydrogen) atoms. The topological polar surface area (TPSA) is 53.9 Å². The monoisotopic (exact) mass is 369 g/mol. The van der Waals surface area contributed by atoms with Gasteiger partial charge in [-0.3, -0.25) is 4.79 Å². The molecule has 0 aromatic heterocycles. The van der Waals surface area contributed by atoms with Gasteiger partial charge in [0.1, 0.15) is 11.9 Å². The molecule has 3 aliphatic rings. The second-order valence-corrected chi connectivity index (χ2v) is 8.18. The summed E-state index contributed by atoms with van der Waals surface area (Å²) >= 11 is 0. The van der Waals surface area contributed by atoms with E-state index in [2.05, 4.69) is 46.6 Å². The molecule has 4 rings (SSSR count). The van der Waals surface area contributed by atoms with E-state index in [4.69, 9.17) is 4.74 Å². The maximum absolute atomic E-state index is 11.6. The zero-order valence-corrected chi connectivity index (χ0v) is 16.3. The zero-order chi connectivity index (χ0) is 18.6. The van der Waals surface area contributed by atoms with Crippen LogP contribution in [0, 0.1) is 5.92 Å². The maximum atomic E-state index is 11.6. The van der Waals surface area contributed by atoms with E-state index in [0.29, 0.717) is 12.5 Å². The summed E-state index contributed by atoms with van der Waals surface area (Å²) in [6.45, 7) is 4.49. The first kappa shape index (κ1) is 18.5. The molecule has 1 saturated carbocycles. The van der Waals surface area contributed by atoms with Gasteiger partial charge in [0.15, 0.2) is 0 Å². The molecule has 5 heteroatoms. The maximum Gasteiger partial charge on any atom is 0.240 e. The highest BCUT2D eigenvalue weighted by atomic mass is 16.5. The van der Waals surface area contributed by atoms with Gasteiger partial charge in [-0.25, -0.2) is 5.43 Å². The number of carbonyl (C=O) groups is 1. The van der Waals surface area contributed by atoms with Gasteiger partial charge in [0.25, 0.3) is 0 Å². The number of hydrazone groups is 1. The Morgan fingerprint density at radius 3 is 2.52 bits per heavy atom. The number of hydrogen-bond donors (Lipinski definition) is 1. The lowest BCUT2D eigenvalue weighted by Crippen LogP contribution is -2.46. The third-order valence-electron chi connectivity index (χ3n) is 6.28. The van der Waals surface area contributed by atoms with E-state index in [9.17, 15) is 4.79 Å². The predicted octanol–water partition coefficient (Wildman–Crippen LogP) is 3.72. The molecule has 1 amide bonds. The molecule has 0 spiro atoms. The number of nitrogens with one attached hydrogen (secondary N) is 1. The Morgan fingerprint density at radius 2 is 1.89 bits per heavy atom. The molecule has 1 aliphatic carbocycles. The number of carbonyl (C=O) groups excluding carboxylic acids is 1. The molecule has 1 N–H and O–H groups in total. The van der Waals surface area contributed by atoms with E-state index < -0.39 is 0 Å². The fourth-order valence-electron chi connectivity index (χ4n) is 4.47. The summed E-state index contributed by atoms with van der Waals surface area (Å²) in [5.74, 6) is 1.17. The first-order valence-electron chi connectivity index (χ1n) is 10.6. The lowest BCUT2D eigenvalue weighted by Gasteiger charge is -2.41. The van der Waals surface area contributed by atoms with Crippen LogP contribution in [-0.2, 0) is 4.79 Å². The second kappa shape index (κ2) is 8.42. The van der Waals surface area contributed by atoms with Crippen molar-refractivity contribution < 1.29 is 9.53 Å². The fourth-order valence-corrected chi connectivity index (χ4v) is 4.47. The summed E-state index contributed by atoms with van der Waals surface area (Å²) in [4.78, 5) is 14.3. The molecule has 1 saturated heterocycles. The molecule has 0 bridgehead atoms. The van der Waals surface area contributed by atoms with Crippen molar-refractivity contribution in [3.05, 3.63) is 29.8 Å². The first-order chi connectivity index (χ1) is 13.2. The average Bonchev–Trinajstić information content (AvgIpc) is 2.63. The summed E-state index contributed by atoms with van der Waals surface area (Å²) in [5.41, 5.74) is 4.72. The number of piperidine rings is 1. The van der Waals surface area contributed by atoms with E-state index in [1.54, 1.807) is 0 Å². The van der Waals surface area contributed by atoms with Crippen LogP contribution < -0.4 is 10.2 Å². The minimum atomic E-state index is 0.0189. The summed E-state index contributed by atoms with van der Waals surface area (Å²) in [6, 6.07) is 9.11. The molecule has 1 unspecified atom stereocenters. The smallest absolute Gasteiger partial charge is 0.240 e. The van der Waals surface area contributed by atoms with Gasteiger partial charge in [0.05, 0.1) is 5.71 Å². The molecule has 2 aliphatic heterocycles. The van der Waals surface area contributed by atoms with Crippen molar-refractivity contribution >= 4 is 11.6 Å². The van der Waals surface area contributed by atoms with Crippen molar-refractivity contribution in [3.63, 3.8) is 0 Å². The van der Waals surface area contributed by atoms with Crippen LogP contribution in [0.2, 0.25) is 0 Å². The Bertz CT molecular complexity index is 673. The van der Waals surface area contributed by atoms with Gasteiger partial charge in [-0.2, -0.15) is 5.10 Å². The first-order valence-corrected chi connectivity index (χ1v) is 10.6. The van der Waals surface area contributed by atoms with Gasteiger partial charge in [-0.15, -0.1) is 0 Å². The van der Waals surface area contributed by atoms with Gasteiger partial charge in [-0.1, -0.05) is 19.8 Å². The fraction of sp³-hybridized carbons (Fsp3) is 0.636. The third-order valence-corrected chi connectivity index (χ3v) is 6.28. The number of hydrogen-bond acceptors (Lipinski definition) is 4. The molecular formula is C22H31N3O2. The van der Waals surface area contributed by atoms with Gasteiger partial charge in [-0.05, 0) is 61.9 Å². The molecule has 1 atom stereocenters. The summed E-state index contributed by atoms with van der Waals surface area (Å²) < 4.78 is 6.23. The van der Waals surface area contributed by atoms with Crippen molar-refractivity contribution in [3.8, 4) is 5.75 Å². The Balaban J connectivity index is 1.34. The Morgan fingerprint density at radius 1 is 1.15 bits per heavy atom. The van der Waals surface area contributed by atoms with Crippen LogP contribution in [0.15, 0.2) is 29.4 Å². The highest BCUT2D eigenvalue weighted by Crippen LogP contribution is 2.29. The lowest BCUT2D eigenvalue weighted by molar-refractivity contribution is -0.122. The van der Waals surface area contributed by atoms with Gasteiger partial charge in [0.2, 0.25) is 5.91 Å². The second-order valence-electron chi connectivity index (χ2n) is 8.18. The number of rotatable bonds is 6. The van der Waals surface area contributed by atoms with Gasteiger partial charge in [0, 0.05) is 31.5 Å². The van der Waals surface area contributed by atoms with Crippen molar-refractivity contribution in [2.75, 3.05) is 13.1 Å². The molecule has 2 heterocycles. The van der Waals surface area contributed by atoms with Crippen LogP contribution in [0.25, 0.3) is 0 Å². The number of ether oxygens (including phenoxy) is 1. The molecule has 2 fully saturated rings. The third kappa shape index (κ3) is 4.34. The number of benzene rings is 1. The van der Waals surface area contributed by atoms with E-state index >= 15 is 0 Å². The van der Waals surface area contributed by atoms with E-state index in [-0.39, 0.29) is 11.8 Å². The molecular weight excluding hydrogens is 338 g/mol. The van der Waals surface area contributed by atoms with Crippen molar-refractivity contribution in [1.29, 1.82) is 0 Å². The predicted molar refractivity (Wildman–Crippen MR) is 107 cm³/mol. The van der Waals surface area contributed by atoms with Crippen molar-refractivity contribution in [2.24, 2.45) is 11.0 Å². The van der Waals surface area contributed by atoms with E-state index in [1.807, 2.05) is 0 Å². The number of likely N-dealkylation sites (tertiary alicyclic amines) is 1. The van der Waals surface area contributed by atoms with Crippen LogP contribution in [0.5, 0.6) is 5.75 Å². The number of amides is 1. The average molecular weight is 370 g/mol. The minimum absolute atomic E-state index is 0.0189. The van der Waals surface area contributed by atoms with Crippen LogP contribution in [0.1, 0.15) is 63.9 Å². The summed E-state index contributed by atoms with van der Waals surface area (Å²) in [6.07, 6.45) is 9.32. The normalized spacial score (nSPS) is 24.9. The van der Waals surface area contributed by atoms with Crippen LogP contribution in [0.3, 0.4) is 0 Å².